The van der Waals surface area contributed by atoms with Gasteiger partial charge in [-0.3, -0.25) is 0 Å². The molecule has 1 heterocycles. The lowest BCUT2D eigenvalue weighted by atomic mass is 9.78. The molecule has 0 aromatic heterocycles. The second-order valence-electron chi connectivity index (χ2n) is 7.12. The molecule has 0 radical (unpaired) electrons. The Bertz CT molecular complexity index is 254. The van der Waals surface area contributed by atoms with E-state index < -0.39 is 0 Å². The molecule has 104 valence electrons. The third-order valence-electron chi connectivity index (χ3n) is 5.08. The molecule has 2 rings (SSSR count). The molecule has 2 nitrogen and oxygen atoms in total. The van der Waals surface area contributed by atoms with Crippen LogP contribution >= 0.6 is 0 Å². The predicted molar refractivity (Wildman–Crippen MR) is 76.7 cm³/mol. The lowest BCUT2D eigenvalue weighted by Crippen LogP contribution is -2.41. The first-order chi connectivity index (χ1) is 8.41. The quantitative estimate of drug-likeness (QED) is 0.688. The van der Waals surface area contributed by atoms with E-state index in [1.165, 1.54) is 44.9 Å². The van der Waals surface area contributed by atoms with Gasteiger partial charge in [-0.15, -0.1) is 0 Å². The van der Waals surface area contributed by atoms with Crippen molar-refractivity contribution in [3.8, 4) is 0 Å². The van der Waals surface area contributed by atoms with E-state index in [0.717, 1.165) is 12.2 Å². The lowest BCUT2D eigenvalue weighted by molar-refractivity contribution is 0.00578. The summed E-state index contributed by atoms with van der Waals surface area (Å²) in [6, 6.07) is 0. The molecule has 0 atom stereocenters. The maximum atomic E-state index is 6.03. The molecule has 18 heavy (non-hydrogen) atoms. The zero-order chi connectivity index (χ0) is 13.2. The molecule has 0 amide bonds. The van der Waals surface area contributed by atoms with Crippen molar-refractivity contribution in [3.05, 3.63) is 0 Å². The summed E-state index contributed by atoms with van der Waals surface area (Å²) in [7, 11) is 0.0126. The van der Waals surface area contributed by atoms with Crippen LogP contribution in [0.2, 0.25) is 6.32 Å². The fourth-order valence-electron chi connectivity index (χ4n) is 3.13. The first-order valence-electron chi connectivity index (χ1n) is 7.76. The van der Waals surface area contributed by atoms with E-state index in [1.54, 1.807) is 0 Å². The van der Waals surface area contributed by atoms with Gasteiger partial charge in [0.15, 0.2) is 0 Å². The smallest absolute Gasteiger partial charge is 0.403 e. The van der Waals surface area contributed by atoms with E-state index in [4.69, 9.17) is 9.31 Å². The molecule has 0 unspecified atom stereocenters. The van der Waals surface area contributed by atoms with Gasteiger partial charge < -0.3 is 9.31 Å². The minimum atomic E-state index is -0.164. The molecule has 0 aromatic rings. The summed E-state index contributed by atoms with van der Waals surface area (Å²) in [5.41, 5.74) is -0.328. The minimum Gasteiger partial charge on any atom is -0.403 e. The molecular weight excluding hydrogens is 223 g/mol. The highest BCUT2D eigenvalue weighted by atomic mass is 16.7. The van der Waals surface area contributed by atoms with Gasteiger partial charge in [0.2, 0.25) is 0 Å². The van der Waals surface area contributed by atoms with Crippen molar-refractivity contribution in [2.75, 3.05) is 0 Å². The summed E-state index contributed by atoms with van der Waals surface area (Å²) in [6.45, 7) is 8.53. The van der Waals surface area contributed by atoms with Crippen LogP contribution in [-0.4, -0.2) is 18.3 Å². The highest BCUT2D eigenvalue weighted by Gasteiger charge is 2.50. The molecule has 0 aromatic carbocycles. The number of hydrogen-bond donors (Lipinski definition) is 0. The van der Waals surface area contributed by atoms with E-state index in [9.17, 15) is 0 Å². The summed E-state index contributed by atoms with van der Waals surface area (Å²) < 4.78 is 12.1. The van der Waals surface area contributed by atoms with Crippen molar-refractivity contribution < 1.29 is 9.31 Å². The number of rotatable bonds is 4. The van der Waals surface area contributed by atoms with Crippen LogP contribution in [-0.2, 0) is 9.31 Å². The van der Waals surface area contributed by atoms with Crippen molar-refractivity contribution in [1.82, 2.24) is 0 Å². The average Bonchev–Trinajstić information content (AvgIpc) is 2.49. The maximum Gasteiger partial charge on any atom is 0.457 e. The summed E-state index contributed by atoms with van der Waals surface area (Å²) >= 11 is 0. The minimum absolute atomic E-state index is 0.0126. The van der Waals surface area contributed by atoms with E-state index in [2.05, 4.69) is 27.7 Å². The molecule has 1 saturated carbocycles. The first kappa shape index (κ1) is 14.4. The Kier molecular flexibility index (Phi) is 4.43. The Hall–Kier alpha value is -0.0151. The molecule has 1 aliphatic carbocycles. The van der Waals surface area contributed by atoms with Crippen LogP contribution in [0.4, 0.5) is 0 Å². The van der Waals surface area contributed by atoms with Gasteiger partial charge in [-0.1, -0.05) is 44.9 Å². The summed E-state index contributed by atoms with van der Waals surface area (Å²) in [6.07, 6.45) is 10.9. The van der Waals surface area contributed by atoms with E-state index in [0.29, 0.717) is 0 Å². The average molecular weight is 252 g/mol. The second kappa shape index (κ2) is 5.54. The van der Waals surface area contributed by atoms with Gasteiger partial charge in [0.1, 0.15) is 0 Å². The van der Waals surface area contributed by atoms with Gasteiger partial charge in [-0.25, -0.2) is 0 Å². The first-order valence-corrected chi connectivity index (χ1v) is 7.76. The molecule has 0 bridgehead atoms. The van der Waals surface area contributed by atoms with Crippen LogP contribution in [0.3, 0.4) is 0 Å². The SMILES string of the molecule is CC1(C)OB(CCCC2CCCCC2)OC1(C)C. The van der Waals surface area contributed by atoms with Gasteiger partial charge in [0.05, 0.1) is 11.2 Å². The summed E-state index contributed by atoms with van der Waals surface area (Å²) in [5, 5.41) is 0. The molecule has 1 aliphatic heterocycles. The molecule has 2 aliphatic rings. The van der Waals surface area contributed by atoms with Gasteiger partial charge in [-0.2, -0.15) is 0 Å². The van der Waals surface area contributed by atoms with Crippen LogP contribution in [0.5, 0.6) is 0 Å². The molecular formula is C15H29BO2. The van der Waals surface area contributed by atoms with Crippen molar-refractivity contribution in [1.29, 1.82) is 0 Å². The Morgan fingerprint density at radius 1 is 0.944 bits per heavy atom. The Balaban J connectivity index is 1.69. The topological polar surface area (TPSA) is 18.5 Å². The highest BCUT2D eigenvalue weighted by Crippen LogP contribution is 2.38. The molecule has 0 spiro atoms. The van der Waals surface area contributed by atoms with E-state index in [1.807, 2.05) is 0 Å². The van der Waals surface area contributed by atoms with Crippen molar-refractivity contribution in [2.24, 2.45) is 5.92 Å². The third-order valence-corrected chi connectivity index (χ3v) is 5.08. The Morgan fingerprint density at radius 3 is 2.06 bits per heavy atom. The summed E-state index contributed by atoms with van der Waals surface area (Å²) in [5.74, 6) is 0.973. The highest BCUT2D eigenvalue weighted by molar-refractivity contribution is 6.45. The molecule has 0 N–H and O–H groups in total. The van der Waals surface area contributed by atoms with Crippen LogP contribution in [0.15, 0.2) is 0 Å². The van der Waals surface area contributed by atoms with Gasteiger partial charge in [0, 0.05) is 0 Å². The zero-order valence-electron chi connectivity index (χ0n) is 12.6. The third kappa shape index (κ3) is 3.30. The van der Waals surface area contributed by atoms with Crippen LogP contribution in [0.1, 0.15) is 72.6 Å². The fourth-order valence-corrected chi connectivity index (χ4v) is 3.13. The van der Waals surface area contributed by atoms with Crippen LogP contribution < -0.4 is 0 Å². The summed E-state index contributed by atoms with van der Waals surface area (Å²) in [4.78, 5) is 0. The van der Waals surface area contributed by atoms with Crippen molar-refractivity contribution in [3.63, 3.8) is 0 Å². The molecule has 3 heteroatoms. The standard InChI is InChI=1S/C15H29BO2/c1-14(2)15(3,4)18-16(17-14)12-8-11-13-9-6-5-7-10-13/h13H,5-12H2,1-4H3. The van der Waals surface area contributed by atoms with Gasteiger partial charge in [0.25, 0.3) is 0 Å². The largest absolute Gasteiger partial charge is 0.457 e. The fraction of sp³-hybridized carbons (Fsp3) is 1.00. The Morgan fingerprint density at radius 2 is 1.50 bits per heavy atom. The van der Waals surface area contributed by atoms with Gasteiger partial charge in [-0.05, 0) is 39.9 Å². The maximum absolute atomic E-state index is 6.03. The zero-order valence-corrected chi connectivity index (χ0v) is 12.6. The van der Waals surface area contributed by atoms with Crippen LogP contribution in [0, 0.1) is 5.92 Å². The van der Waals surface area contributed by atoms with E-state index >= 15 is 0 Å². The normalized spacial score (nSPS) is 27.7. The van der Waals surface area contributed by atoms with Crippen molar-refractivity contribution >= 4 is 7.12 Å². The second-order valence-corrected chi connectivity index (χ2v) is 7.12. The Labute approximate surface area is 113 Å². The van der Waals surface area contributed by atoms with E-state index in [-0.39, 0.29) is 18.3 Å². The van der Waals surface area contributed by atoms with Crippen molar-refractivity contribution in [2.45, 2.75) is 90.2 Å². The lowest BCUT2D eigenvalue weighted by Gasteiger charge is -2.32. The predicted octanol–water partition coefficient (Wildman–Crippen LogP) is 4.44. The number of hydrogen-bond acceptors (Lipinski definition) is 2. The van der Waals surface area contributed by atoms with Gasteiger partial charge >= 0.3 is 7.12 Å². The molecule has 1 saturated heterocycles. The monoisotopic (exact) mass is 252 g/mol. The van der Waals surface area contributed by atoms with Crippen LogP contribution in [0.25, 0.3) is 0 Å². The molecule has 2 fully saturated rings.